The number of aryl methyl sites for hydroxylation is 2. The van der Waals surface area contributed by atoms with E-state index in [1.54, 1.807) is 0 Å². The lowest BCUT2D eigenvalue weighted by molar-refractivity contribution is 0.0729. The summed E-state index contributed by atoms with van der Waals surface area (Å²) in [6.07, 6.45) is 2.81. The largest absolute Gasteiger partial charge is 0.358 e. The third-order valence-electron chi connectivity index (χ3n) is 5.52. The maximum Gasteiger partial charge on any atom is 0.272 e. The predicted molar refractivity (Wildman–Crippen MR) is 104 cm³/mol. The summed E-state index contributed by atoms with van der Waals surface area (Å²) in [7, 11) is 1.97. The highest BCUT2D eigenvalue weighted by molar-refractivity contribution is 5.94. The van der Waals surface area contributed by atoms with Gasteiger partial charge >= 0.3 is 0 Å². The van der Waals surface area contributed by atoms with E-state index in [1.165, 1.54) is 27.7 Å². The lowest BCUT2D eigenvalue weighted by Gasteiger charge is -2.26. The molecule has 0 radical (unpaired) electrons. The molecule has 6 heteroatoms. The number of aromatic nitrogens is 4. The molecule has 1 amide bonds. The molecule has 6 nitrogen and oxygen atoms in total. The second kappa shape index (κ2) is 5.87. The van der Waals surface area contributed by atoms with Crippen LogP contribution in [0.5, 0.6) is 0 Å². The summed E-state index contributed by atoms with van der Waals surface area (Å²) in [6, 6.07) is 12.1. The quantitative estimate of drug-likeness (QED) is 0.576. The second-order valence-corrected chi connectivity index (χ2v) is 7.23. The van der Waals surface area contributed by atoms with Crippen LogP contribution in [0.15, 0.2) is 42.6 Å². The smallest absolute Gasteiger partial charge is 0.272 e. The van der Waals surface area contributed by atoms with Crippen LogP contribution in [0.3, 0.4) is 0 Å². The number of hydrogen-bond acceptors (Lipinski definition) is 2. The van der Waals surface area contributed by atoms with Crippen molar-refractivity contribution in [1.29, 1.82) is 0 Å². The molecule has 4 heterocycles. The van der Waals surface area contributed by atoms with Crippen molar-refractivity contribution in [3.63, 3.8) is 0 Å². The topological polar surface area (TPSA) is 69.7 Å². The van der Waals surface area contributed by atoms with Gasteiger partial charge in [-0.1, -0.05) is 18.2 Å². The first kappa shape index (κ1) is 15.9. The molecule has 4 aromatic rings. The van der Waals surface area contributed by atoms with E-state index in [0.717, 1.165) is 17.8 Å². The Kier molecular flexibility index (Phi) is 3.47. The van der Waals surface area contributed by atoms with E-state index in [9.17, 15) is 4.79 Å². The van der Waals surface area contributed by atoms with Crippen molar-refractivity contribution in [2.45, 2.75) is 19.9 Å². The number of nitrogens with one attached hydrogen (secondary N) is 2. The molecule has 5 rings (SSSR count). The average molecular weight is 359 g/mol. The van der Waals surface area contributed by atoms with Crippen molar-refractivity contribution in [1.82, 2.24) is 24.6 Å². The first-order valence-electron chi connectivity index (χ1n) is 9.17. The molecular formula is C21H21N5O. The highest BCUT2D eigenvalue weighted by Crippen LogP contribution is 2.30. The Bertz CT molecular complexity index is 1160. The Morgan fingerprint density at radius 1 is 1.22 bits per heavy atom. The minimum Gasteiger partial charge on any atom is -0.358 e. The molecule has 1 aliphatic rings. The number of nitrogens with zero attached hydrogens (tertiary/aromatic N) is 3. The van der Waals surface area contributed by atoms with Crippen LogP contribution in [0.4, 0.5) is 0 Å². The minimum atomic E-state index is -0.00406. The van der Waals surface area contributed by atoms with Gasteiger partial charge in [-0.3, -0.25) is 9.89 Å². The van der Waals surface area contributed by atoms with Crippen LogP contribution >= 0.6 is 0 Å². The van der Waals surface area contributed by atoms with E-state index in [4.69, 9.17) is 0 Å². The molecule has 27 heavy (non-hydrogen) atoms. The molecule has 0 atom stereocenters. The van der Waals surface area contributed by atoms with E-state index >= 15 is 0 Å². The number of carbonyl (C=O) groups excluding carboxylic acids is 1. The standard InChI is InChI=1S/C21H21N5O/c1-13-5-3-6-14-15-12-26(10-8-16(15)22-20(13)14)21(27)18-11-17(23-24-18)19-7-4-9-25(19)2/h3-7,9,11,22H,8,10,12H2,1-2H3,(H,23,24). The summed E-state index contributed by atoms with van der Waals surface area (Å²) in [6.45, 7) is 3.44. The molecule has 0 unspecified atom stereocenters. The van der Waals surface area contributed by atoms with Crippen LogP contribution in [-0.4, -0.2) is 37.1 Å². The highest BCUT2D eigenvalue weighted by Gasteiger charge is 2.26. The van der Waals surface area contributed by atoms with Gasteiger partial charge in [0.2, 0.25) is 0 Å². The SMILES string of the molecule is Cc1cccc2c3c([nH]c12)CCN(C(=O)c1cc(-c2cccn2C)n[nH]1)C3. The Balaban J connectivity index is 1.44. The van der Waals surface area contributed by atoms with Gasteiger partial charge in [0.15, 0.2) is 0 Å². The summed E-state index contributed by atoms with van der Waals surface area (Å²) >= 11 is 0. The normalized spacial score (nSPS) is 13.9. The van der Waals surface area contributed by atoms with Crippen molar-refractivity contribution < 1.29 is 4.79 Å². The van der Waals surface area contributed by atoms with Crippen LogP contribution in [-0.2, 0) is 20.0 Å². The molecule has 0 aliphatic carbocycles. The van der Waals surface area contributed by atoms with Crippen molar-refractivity contribution in [2.75, 3.05) is 6.54 Å². The van der Waals surface area contributed by atoms with Crippen molar-refractivity contribution in [2.24, 2.45) is 7.05 Å². The van der Waals surface area contributed by atoms with Gasteiger partial charge in [0.25, 0.3) is 5.91 Å². The van der Waals surface area contributed by atoms with E-state index in [1.807, 2.05) is 40.9 Å². The van der Waals surface area contributed by atoms with Gasteiger partial charge in [-0.25, -0.2) is 0 Å². The number of benzene rings is 1. The molecule has 1 aromatic carbocycles. The number of amides is 1. The van der Waals surface area contributed by atoms with Gasteiger partial charge in [0, 0.05) is 54.9 Å². The summed E-state index contributed by atoms with van der Waals surface area (Å²) in [5.74, 6) is -0.00406. The molecule has 0 saturated heterocycles. The van der Waals surface area contributed by atoms with Crippen molar-refractivity contribution >= 4 is 16.8 Å². The molecule has 2 N–H and O–H groups in total. The Hall–Kier alpha value is -3.28. The lowest BCUT2D eigenvalue weighted by Crippen LogP contribution is -2.36. The molecule has 0 spiro atoms. The van der Waals surface area contributed by atoms with Crippen LogP contribution in [0, 0.1) is 6.92 Å². The lowest BCUT2D eigenvalue weighted by atomic mass is 10.0. The predicted octanol–water partition coefficient (Wildman–Crippen LogP) is 3.40. The molecule has 0 saturated carbocycles. The molecule has 3 aromatic heterocycles. The molecule has 1 aliphatic heterocycles. The fraction of sp³-hybridized carbons (Fsp3) is 0.238. The van der Waals surface area contributed by atoms with Gasteiger partial charge in [-0.15, -0.1) is 0 Å². The maximum absolute atomic E-state index is 13.0. The highest BCUT2D eigenvalue weighted by atomic mass is 16.2. The minimum absolute atomic E-state index is 0.00406. The summed E-state index contributed by atoms with van der Waals surface area (Å²) in [5, 5.41) is 8.47. The molecule has 0 fully saturated rings. The Labute approximate surface area is 156 Å². The zero-order valence-electron chi connectivity index (χ0n) is 15.4. The monoisotopic (exact) mass is 359 g/mol. The number of para-hydroxylation sites is 1. The van der Waals surface area contributed by atoms with Gasteiger partial charge in [0.1, 0.15) is 11.4 Å². The fourth-order valence-corrected chi connectivity index (χ4v) is 4.02. The maximum atomic E-state index is 13.0. The van der Waals surface area contributed by atoms with Crippen LogP contribution in [0.25, 0.3) is 22.3 Å². The third kappa shape index (κ3) is 2.48. The Morgan fingerprint density at radius 3 is 2.93 bits per heavy atom. The van der Waals surface area contributed by atoms with Crippen LogP contribution < -0.4 is 0 Å². The third-order valence-corrected chi connectivity index (χ3v) is 5.52. The number of carbonyl (C=O) groups is 1. The van der Waals surface area contributed by atoms with E-state index < -0.39 is 0 Å². The number of rotatable bonds is 2. The summed E-state index contributed by atoms with van der Waals surface area (Å²) in [4.78, 5) is 18.5. The zero-order chi connectivity index (χ0) is 18.5. The van der Waals surface area contributed by atoms with Gasteiger partial charge < -0.3 is 14.5 Å². The van der Waals surface area contributed by atoms with E-state index in [-0.39, 0.29) is 5.91 Å². The number of aromatic amines is 2. The first-order valence-corrected chi connectivity index (χ1v) is 9.17. The van der Waals surface area contributed by atoms with Crippen molar-refractivity contribution in [3.8, 4) is 11.4 Å². The average Bonchev–Trinajstić information content (AvgIpc) is 3.39. The molecule has 136 valence electrons. The first-order chi connectivity index (χ1) is 13.1. The molecule has 0 bridgehead atoms. The van der Waals surface area contributed by atoms with Crippen LogP contribution in [0.1, 0.15) is 27.3 Å². The van der Waals surface area contributed by atoms with Gasteiger partial charge in [0.05, 0.1) is 5.69 Å². The van der Waals surface area contributed by atoms with E-state index in [2.05, 4.69) is 40.3 Å². The van der Waals surface area contributed by atoms with Crippen molar-refractivity contribution in [3.05, 3.63) is 65.1 Å². The molecular weight excluding hydrogens is 338 g/mol. The van der Waals surface area contributed by atoms with Gasteiger partial charge in [-0.2, -0.15) is 5.10 Å². The second-order valence-electron chi connectivity index (χ2n) is 7.23. The fourth-order valence-electron chi connectivity index (χ4n) is 4.02. The number of hydrogen-bond donors (Lipinski definition) is 2. The Morgan fingerprint density at radius 2 is 2.11 bits per heavy atom. The van der Waals surface area contributed by atoms with Gasteiger partial charge in [-0.05, 0) is 30.7 Å². The van der Waals surface area contributed by atoms with Crippen LogP contribution in [0.2, 0.25) is 0 Å². The summed E-state index contributed by atoms with van der Waals surface area (Å²) in [5.41, 5.74) is 7.20. The zero-order valence-corrected chi connectivity index (χ0v) is 15.4. The number of fused-ring (bicyclic) bond motifs is 3. The van der Waals surface area contributed by atoms with E-state index in [0.29, 0.717) is 18.8 Å². The summed E-state index contributed by atoms with van der Waals surface area (Å²) < 4.78 is 1.99. The number of H-pyrrole nitrogens is 2.